The number of hydrogen-bond donors (Lipinski definition) is 1. The number of hydrogen-bond acceptors (Lipinski definition) is 7. The lowest BCUT2D eigenvalue weighted by Gasteiger charge is -2.16. The zero-order valence-electron chi connectivity index (χ0n) is 13.8. The largest absolute Gasteiger partial charge is 0.379 e. The lowest BCUT2D eigenvalue weighted by atomic mass is 10.2. The Bertz CT molecular complexity index is 906. The fourth-order valence-corrected chi connectivity index (χ4v) is 1.91. The quantitative estimate of drug-likeness (QED) is 0.281. The van der Waals surface area contributed by atoms with E-state index >= 15 is 0 Å². The number of alkyl halides is 4. The second-order valence-electron chi connectivity index (χ2n) is 5.35. The van der Waals surface area contributed by atoms with Gasteiger partial charge in [-0.25, -0.2) is 8.78 Å². The number of azo groups is 1. The van der Waals surface area contributed by atoms with Crippen LogP contribution in [0.5, 0.6) is 0 Å². The molecule has 0 aliphatic rings. The van der Waals surface area contributed by atoms with E-state index in [-0.39, 0.29) is 17.1 Å². The Morgan fingerprint density at radius 2 is 1.64 bits per heavy atom. The molecular weight excluding hydrogens is 390 g/mol. The number of nitrogens with one attached hydrogen (secondary N) is 1. The van der Waals surface area contributed by atoms with Crippen molar-refractivity contribution >= 4 is 28.4 Å². The van der Waals surface area contributed by atoms with E-state index in [9.17, 15) is 37.8 Å². The van der Waals surface area contributed by atoms with Crippen LogP contribution in [0.3, 0.4) is 0 Å². The van der Waals surface area contributed by atoms with Crippen LogP contribution < -0.4 is 5.32 Å². The summed E-state index contributed by atoms with van der Waals surface area (Å²) in [4.78, 5) is 20.1. The molecule has 2 aromatic carbocycles. The molecule has 0 fully saturated rings. The number of rotatable bonds is 8. The van der Waals surface area contributed by atoms with Crippen molar-refractivity contribution in [2.45, 2.75) is 12.3 Å². The summed E-state index contributed by atoms with van der Waals surface area (Å²) in [6, 6.07) is 8.00. The van der Waals surface area contributed by atoms with Gasteiger partial charge in [-0.05, 0) is 30.3 Å². The molecule has 2 rings (SSSR count). The molecule has 0 saturated heterocycles. The van der Waals surface area contributed by atoms with Gasteiger partial charge in [0, 0.05) is 11.8 Å². The third-order valence-corrected chi connectivity index (χ3v) is 3.35. The van der Waals surface area contributed by atoms with Gasteiger partial charge in [0.15, 0.2) is 5.69 Å². The highest BCUT2D eigenvalue weighted by atomic mass is 19.3. The van der Waals surface area contributed by atoms with E-state index in [1.165, 1.54) is 24.3 Å². The molecular formula is C15H11F4N5O4. The van der Waals surface area contributed by atoms with Crippen molar-refractivity contribution in [3.8, 4) is 0 Å². The van der Waals surface area contributed by atoms with Crippen molar-refractivity contribution in [2.24, 2.45) is 10.2 Å². The Balaban J connectivity index is 2.13. The molecule has 0 radical (unpaired) electrons. The van der Waals surface area contributed by atoms with Crippen LogP contribution in [0.25, 0.3) is 0 Å². The SMILES string of the molecule is O=[N+]([O-])c1ccc(N=Nc2ccc(NCC(F)(F)C(F)F)cc2)c([N+](=O)[O-])c1. The molecule has 0 bridgehead atoms. The average Bonchev–Trinajstić information content (AvgIpc) is 2.65. The molecule has 0 unspecified atom stereocenters. The van der Waals surface area contributed by atoms with Crippen molar-refractivity contribution in [2.75, 3.05) is 11.9 Å². The fourth-order valence-electron chi connectivity index (χ4n) is 1.91. The van der Waals surface area contributed by atoms with E-state index in [2.05, 4.69) is 15.5 Å². The Morgan fingerprint density at radius 3 is 2.18 bits per heavy atom. The topological polar surface area (TPSA) is 123 Å². The summed E-state index contributed by atoms with van der Waals surface area (Å²) in [5.74, 6) is -4.19. The molecule has 148 valence electrons. The van der Waals surface area contributed by atoms with Crippen molar-refractivity contribution in [3.05, 3.63) is 62.7 Å². The van der Waals surface area contributed by atoms with E-state index in [0.717, 1.165) is 18.2 Å². The minimum absolute atomic E-state index is 0.126. The molecule has 0 aliphatic heterocycles. The number of benzene rings is 2. The monoisotopic (exact) mass is 401 g/mol. The van der Waals surface area contributed by atoms with Crippen LogP contribution in [0.1, 0.15) is 0 Å². The first-order valence-electron chi connectivity index (χ1n) is 7.44. The molecule has 0 heterocycles. The van der Waals surface area contributed by atoms with Gasteiger partial charge in [-0.15, -0.1) is 5.11 Å². The van der Waals surface area contributed by atoms with Crippen LogP contribution in [-0.4, -0.2) is 28.7 Å². The van der Waals surface area contributed by atoms with Gasteiger partial charge in [-0.2, -0.15) is 13.9 Å². The van der Waals surface area contributed by atoms with Gasteiger partial charge in [0.1, 0.15) is 0 Å². The van der Waals surface area contributed by atoms with Gasteiger partial charge < -0.3 is 5.32 Å². The van der Waals surface area contributed by atoms with Gasteiger partial charge in [0.2, 0.25) is 0 Å². The molecule has 0 spiro atoms. The van der Waals surface area contributed by atoms with Crippen molar-refractivity contribution in [1.29, 1.82) is 0 Å². The van der Waals surface area contributed by atoms with Gasteiger partial charge in [0.05, 0.1) is 28.1 Å². The molecule has 28 heavy (non-hydrogen) atoms. The number of nitro groups is 2. The second kappa shape index (κ2) is 8.37. The Labute approximate surface area is 154 Å². The normalized spacial score (nSPS) is 11.8. The van der Waals surface area contributed by atoms with Gasteiger partial charge in [-0.1, -0.05) is 0 Å². The van der Waals surface area contributed by atoms with Crippen LogP contribution in [0, 0.1) is 20.2 Å². The van der Waals surface area contributed by atoms with Crippen LogP contribution in [0.15, 0.2) is 52.7 Å². The lowest BCUT2D eigenvalue weighted by molar-refractivity contribution is -0.393. The Morgan fingerprint density at radius 1 is 1.00 bits per heavy atom. The first-order valence-corrected chi connectivity index (χ1v) is 7.44. The van der Waals surface area contributed by atoms with Gasteiger partial charge in [0.25, 0.3) is 5.69 Å². The standard InChI is InChI=1S/C15H11F4N5O4/c16-14(17)15(18,19)8-20-9-1-3-10(4-2-9)21-22-12-6-5-11(23(25)26)7-13(12)24(27)28/h1-7,14,20H,8H2. The molecule has 9 nitrogen and oxygen atoms in total. The first kappa shape index (κ1) is 20.7. The van der Waals surface area contributed by atoms with Crippen LogP contribution in [0.2, 0.25) is 0 Å². The highest BCUT2D eigenvalue weighted by Crippen LogP contribution is 2.32. The molecule has 0 aromatic heterocycles. The summed E-state index contributed by atoms with van der Waals surface area (Å²) in [7, 11) is 0. The molecule has 13 heteroatoms. The molecule has 1 N–H and O–H groups in total. The molecule has 2 aromatic rings. The molecule has 0 aliphatic carbocycles. The van der Waals surface area contributed by atoms with Gasteiger partial charge in [-0.3, -0.25) is 20.2 Å². The zero-order chi connectivity index (χ0) is 20.9. The zero-order valence-corrected chi connectivity index (χ0v) is 13.8. The maximum atomic E-state index is 12.9. The predicted molar refractivity (Wildman–Crippen MR) is 89.8 cm³/mol. The number of halogens is 4. The highest BCUT2D eigenvalue weighted by molar-refractivity contribution is 5.62. The lowest BCUT2D eigenvalue weighted by Crippen LogP contribution is -2.34. The summed E-state index contributed by atoms with van der Waals surface area (Å²) in [5.41, 5.74) is -1.03. The summed E-state index contributed by atoms with van der Waals surface area (Å²) in [6.45, 7) is -1.26. The maximum Gasteiger partial charge on any atom is 0.324 e. The van der Waals surface area contributed by atoms with E-state index in [0.29, 0.717) is 0 Å². The van der Waals surface area contributed by atoms with Crippen LogP contribution in [-0.2, 0) is 0 Å². The van der Waals surface area contributed by atoms with Gasteiger partial charge >= 0.3 is 18.0 Å². The average molecular weight is 401 g/mol. The third-order valence-electron chi connectivity index (χ3n) is 3.35. The number of nitrogens with zero attached hydrogens (tertiary/aromatic N) is 4. The number of anilines is 1. The third kappa shape index (κ3) is 5.18. The van der Waals surface area contributed by atoms with E-state index in [4.69, 9.17) is 0 Å². The summed E-state index contributed by atoms with van der Waals surface area (Å²) >= 11 is 0. The number of non-ortho nitro benzene ring substituents is 1. The summed E-state index contributed by atoms with van der Waals surface area (Å²) in [5, 5.41) is 31.2. The van der Waals surface area contributed by atoms with Crippen molar-refractivity contribution in [3.63, 3.8) is 0 Å². The first-order chi connectivity index (χ1) is 13.1. The van der Waals surface area contributed by atoms with Crippen LogP contribution in [0.4, 0.5) is 46.0 Å². The fraction of sp³-hybridized carbons (Fsp3) is 0.200. The Kier molecular flexibility index (Phi) is 6.18. The minimum Gasteiger partial charge on any atom is -0.379 e. The van der Waals surface area contributed by atoms with Crippen LogP contribution >= 0.6 is 0 Å². The minimum atomic E-state index is -4.19. The number of nitro benzene ring substituents is 2. The maximum absolute atomic E-state index is 12.9. The van der Waals surface area contributed by atoms with Crippen molar-refractivity contribution in [1.82, 2.24) is 0 Å². The van der Waals surface area contributed by atoms with E-state index in [1.54, 1.807) is 0 Å². The van der Waals surface area contributed by atoms with E-state index in [1.807, 2.05) is 0 Å². The van der Waals surface area contributed by atoms with E-state index < -0.39 is 40.1 Å². The Hall–Kier alpha value is -3.64. The molecule has 0 atom stereocenters. The summed E-state index contributed by atoms with van der Waals surface area (Å²) < 4.78 is 49.9. The van der Waals surface area contributed by atoms with Crippen molar-refractivity contribution < 1.29 is 27.4 Å². The molecule has 0 saturated carbocycles. The summed E-state index contributed by atoms with van der Waals surface area (Å²) in [6.07, 6.45) is -3.80. The molecule has 0 amide bonds. The highest BCUT2D eigenvalue weighted by Gasteiger charge is 2.40. The smallest absolute Gasteiger partial charge is 0.324 e. The predicted octanol–water partition coefficient (Wildman–Crippen LogP) is 5.23. The second-order valence-corrected chi connectivity index (χ2v) is 5.35.